The molecule has 1 aromatic heterocycles. The smallest absolute Gasteiger partial charge is 0.423 e. The standard InChI is InChI=1S/C4H7BN2O2.2C2H6/c1-7-3-4(2-6-7)5(8)9;2*1-2/h2-3,8-9H,1H3;2*1-2H3. The van der Waals surface area contributed by atoms with Gasteiger partial charge in [-0.05, 0) is 0 Å². The molecule has 0 aliphatic carbocycles. The van der Waals surface area contributed by atoms with Crippen molar-refractivity contribution in [2.45, 2.75) is 27.7 Å². The molecule has 76 valence electrons. The first-order valence-corrected chi connectivity index (χ1v) is 4.55. The normalized spacial score (nSPS) is 7.62. The summed E-state index contributed by atoms with van der Waals surface area (Å²) in [5.74, 6) is 0. The molecule has 0 atom stereocenters. The Morgan fingerprint density at radius 3 is 1.85 bits per heavy atom. The Kier molecular flexibility index (Phi) is 10.5. The van der Waals surface area contributed by atoms with E-state index in [9.17, 15) is 0 Å². The molecule has 0 spiro atoms. The maximum absolute atomic E-state index is 8.54. The number of aromatic nitrogens is 2. The second kappa shape index (κ2) is 9.28. The summed E-state index contributed by atoms with van der Waals surface area (Å²) >= 11 is 0. The van der Waals surface area contributed by atoms with E-state index in [0.717, 1.165) is 0 Å². The molecule has 2 N–H and O–H groups in total. The Labute approximate surface area is 80.4 Å². The summed E-state index contributed by atoms with van der Waals surface area (Å²) in [5.41, 5.74) is 0.414. The van der Waals surface area contributed by atoms with Crippen LogP contribution in [0.3, 0.4) is 0 Å². The van der Waals surface area contributed by atoms with E-state index in [4.69, 9.17) is 10.0 Å². The van der Waals surface area contributed by atoms with Gasteiger partial charge in [0.05, 0.1) is 0 Å². The molecule has 0 unspecified atom stereocenters. The quantitative estimate of drug-likeness (QED) is 0.614. The van der Waals surface area contributed by atoms with Crippen LogP contribution in [-0.4, -0.2) is 26.9 Å². The Balaban J connectivity index is 0. The van der Waals surface area contributed by atoms with E-state index >= 15 is 0 Å². The third-order valence-corrected chi connectivity index (χ3v) is 1.02. The van der Waals surface area contributed by atoms with E-state index in [1.807, 2.05) is 27.7 Å². The number of hydrogen-bond donors (Lipinski definition) is 2. The molecule has 5 heteroatoms. The van der Waals surface area contributed by atoms with Crippen LogP contribution in [0.15, 0.2) is 12.4 Å². The molecule has 0 bridgehead atoms. The van der Waals surface area contributed by atoms with E-state index in [1.165, 1.54) is 10.9 Å². The van der Waals surface area contributed by atoms with Crippen LogP contribution < -0.4 is 5.46 Å². The topological polar surface area (TPSA) is 58.3 Å². The summed E-state index contributed by atoms with van der Waals surface area (Å²) in [4.78, 5) is 0. The minimum absolute atomic E-state index is 0.414. The first-order chi connectivity index (χ1) is 6.20. The number of rotatable bonds is 1. The van der Waals surface area contributed by atoms with E-state index in [0.29, 0.717) is 5.46 Å². The largest absolute Gasteiger partial charge is 0.491 e. The Morgan fingerprint density at radius 2 is 1.69 bits per heavy atom. The summed E-state index contributed by atoms with van der Waals surface area (Å²) in [6, 6.07) is 0. The van der Waals surface area contributed by atoms with E-state index in [2.05, 4.69) is 5.10 Å². The molecular weight excluding hydrogens is 167 g/mol. The predicted octanol–water partition coefficient (Wildman–Crippen LogP) is 0.152. The van der Waals surface area contributed by atoms with Crippen LogP contribution in [-0.2, 0) is 7.05 Å². The van der Waals surface area contributed by atoms with Crippen molar-refractivity contribution in [1.29, 1.82) is 0 Å². The van der Waals surface area contributed by atoms with Crippen LogP contribution in [0.2, 0.25) is 0 Å². The lowest BCUT2D eigenvalue weighted by Gasteiger charge is -1.87. The van der Waals surface area contributed by atoms with Gasteiger partial charge in [-0.2, -0.15) is 5.10 Å². The fraction of sp³-hybridized carbons (Fsp3) is 0.625. The van der Waals surface area contributed by atoms with Crippen LogP contribution >= 0.6 is 0 Å². The van der Waals surface area contributed by atoms with Gasteiger partial charge in [0.15, 0.2) is 0 Å². The Hall–Kier alpha value is -0.805. The molecule has 0 radical (unpaired) electrons. The molecule has 0 saturated heterocycles. The lowest BCUT2D eigenvalue weighted by atomic mass is 9.83. The van der Waals surface area contributed by atoms with Gasteiger partial charge in [0, 0.05) is 24.9 Å². The molecule has 1 heterocycles. The first-order valence-electron chi connectivity index (χ1n) is 4.55. The van der Waals surface area contributed by atoms with Crippen LogP contribution in [0.5, 0.6) is 0 Å². The fourth-order valence-electron chi connectivity index (χ4n) is 0.573. The SMILES string of the molecule is CC.CC.Cn1cc(B(O)O)cn1. The second-order valence-electron chi connectivity index (χ2n) is 1.82. The Morgan fingerprint density at radius 1 is 1.23 bits per heavy atom. The molecule has 0 amide bonds. The highest BCUT2D eigenvalue weighted by Gasteiger charge is 2.11. The van der Waals surface area contributed by atoms with Crippen molar-refractivity contribution in [3.05, 3.63) is 12.4 Å². The highest BCUT2D eigenvalue weighted by molar-refractivity contribution is 6.58. The van der Waals surface area contributed by atoms with Gasteiger partial charge in [0.25, 0.3) is 0 Å². The van der Waals surface area contributed by atoms with Crippen molar-refractivity contribution in [3.8, 4) is 0 Å². The van der Waals surface area contributed by atoms with Crippen molar-refractivity contribution in [3.63, 3.8) is 0 Å². The van der Waals surface area contributed by atoms with Crippen molar-refractivity contribution in [1.82, 2.24) is 9.78 Å². The van der Waals surface area contributed by atoms with Crippen LogP contribution in [0.4, 0.5) is 0 Å². The lowest BCUT2D eigenvalue weighted by molar-refractivity contribution is 0.425. The van der Waals surface area contributed by atoms with E-state index in [1.54, 1.807) is 13.2 Å². The van der Waals surface area contributed by atoms with Gasteiger partial charge in [-0.1, -0.05) is 27.7 Å². The lowest BCUT2D eigenvalue weighted by Crippen LogP contribution is -2.28. The number of hydrogen-bond acceptors (Lipinski definition) is 3. The minimum Gasteiger partial charge on any atom is -0.423 e. The summed E-state index contributed by atoms with van der Waals surface area (Å²) < 4.78 is 1.51. The Bertz CT molecular complexity index is 202. The van der Waals surface area contributed by atoms with Crippen molar-refractivity contribution >= 4 is 12.6 Å². The summed E-state index contributed by atoms with van der Waals surface area (Å²) in [7, 11) is 0.310. The average molecular weight is 186 g/mol. The molecule has 0 saturated carbocycles. The van der Waals surface area contributed by atoms with Gasteiger partial charge in [-0.3, -0.25) is 4.68 Å². The first kappa shape index (κ1) is 14.7. The monoisotopic (exact) mass is 186 g/mol. The van der Waals surface area contributed by atoms with Gasteiger partial charge in [0.1, 0.15) is 0 Å². The van der Waals surface area contributed by atoms with E-state index < -0.39 is 7.12 Å². The maximum atomic E-state index is 8.54. The fourth-order valence-corrected chi connectivity index (χ4v) is 0.573. The number of aryl methyl sites for hydroxylation is 1. The molecule has 0 aliphatic heterocycles. The summed E-state index contributed by atoms with van der Waals surface area (Å²) in [5, 5.41) is 20.8. The molecule has 0 fully saturated rings. The number of nitrogens with zero attached hydrogens (tertiary/aromatic N) is 2. The van der Waals surface area contributed by atoms with Crippen molar-refractivity contribution in [2.24, 2.45) is 7.05 Å². The van der Waals surface area contributed by atoms with Crippen LogP contribution in [0, 0.1) is 0 Å². The molecule has 13 heavy (non-hydrogen) atoms. The third-order valence-electron chi connectivity index (χ3n) is 1.02. The zero-order valence-electron chi connectivity index (χ0n) is 9.02. The molecule has 0 aromatic carbocycles. The predicted molar refractivity (Wildman–Crippen MR) is 55.7 cm³/mol. The van der Waals surface area contributed by atoms with Gasteiger partial charge >= 0.3 is 7.12 Å². The van der Waals surface area contributed by atoms with E-state index in [-0.39, 0.29) is 0 Å². The minimum atomic E-state index is -1.40. The molecule has 4 nitrogen and oxygen atoms in total. The van der Waals surface area contributed by atoms with Crippen molar-refractivity contribution in [2.75, 3.05) is 0 Å². The molecule has 1 aromatic rings. The van der Waals surface area contributed by atoms with Crippen LogP contribution in [0.25, 0.3) is 0 Å². The third kappa shape index (κ3) is 6.36. The van der Waals surface area contributed by atoms with Gasteiger partial charge in [-0.15, -0.1) is 0 Å². The molecule has 1 rings (SSSR count). The maximum Gasteiger partial charge on any atom is 0.491 e. The molecular formula is C8H19BN2O2. The zero-order valence-corrected chi connectivity index (χ0v) is 9.02. The van der Waals surface area contributed by atoms with Crippen LogP contribution in [0.1, 0.15) is 27.7 Å². The van der Waals surface area contributed by atoms with Gasteiger partial charge in [0.2, 0.25) is 0 Å². The second-order valence-corrected chi connectivity index (χ2v) is 1.82. The summed E-state index contributed by atoms with van der Waals surface area (Å²) in [6.45, 7) is 8.00. The highest BCUT2D eigenvalue weighted by atomic mass is 16.4. The van der Waals surface area contributed by atoms with Gasteiger partial charge in [-0.25, -0.2) is 0 Å². The van der Waals surface area contributed by atoms with Gasteiger partial charge < -0.3 is 10.0 Å². The average Bonchev–Trinajstić information content (AvgIpc) is 2.59. The molecule has 0 aliphatic rings. The highest BCUT2D eigenvalue weighted by Crippen LogP contribution is 1.77. The van der Waals surface area contributed by atoms with Crippen molar-refractivity contribution < 1.29 is 10.0 Å². The summed E-state index contributed by atoms with van der Waals surface area (Å²) in [6.07, 6.45) is 2.95. The zero-order chi connectivity index (χ0) is 10.9.